The highest BCUT2D eigenvalue weighted by Gasteiger charge is 2.08. The van der Waals surface area contributed by atoms with Gasteiger partial charge in [0.15, 0.2) is 0 Å². The summed E-state index contributed by atoms with van der Waals surface area (Å²) in [5.41, 5.74) is 1.69. The molecule has 21 heavy (non-hydrogen) atoms. The van der Waals surface area contributed by atoms with Crippen LogP contribution in [0.5, 0.6) is 11.5 Å². The van der Waals surface area contributed by atoms with Crippen LogP contribution < -0.4 is 9.46 Å². The molecule has 2 rings (SSSR count). The second-order valence-electron chi connectivity index (χ2n) is 4.61. The van der Waals surface area contributed by atoms with Gasteiger partial charge in [0.2, 0.25) is 10.0 Å². The number of sulfonamides is 1. The van der Waals surface area contributed by atoms with E-state index >= 15 is 0 Å². The van der Waals surface area contributed by atoms with Crippen LogP contribution in [0.1, 0.15) is 11.1 Å². The van der Waals surface area contributed by atoms with E-state index in [1.54, 1.807) is 24.3 Å². The van der Waals surface area contributed by atoms with Gasteiger partial charge in [-0.2, -0.15) is 5.26 Å². The normalized spacial score (nSPS) is 10.7. The van der Waals surface area contributed by atoms with Crippen LogP contribution in [-0.2, 0) is 10.0 Å². The molecule has 0 radical (unpaired) electrons. The quantitative estimate of drug-likeness (QED) is 0.941. The number of anilines is 1. The Morgan fingerprint density at radius 3 is 2.38 bits per heavy atom. The lowest BCUT2D eigenvalue weighted by Crippen LogP contribution is -2.09. The van der Waals surface area contributed by atoms with Crippen LogP contribution in [-0.4, -0.2) is 14.7 Å². The molecule has 0 amide bonds. The molecule has 0 fully saturated rings. The smallest absolute Gasteiger partial charge is 0.229 e. The summed E-state index contributed by atoms with van der Waals surface area (Å²) in [6.45, 7) is 1.97. The van der Waals surface area contributed by atoms with Gasteiger partial charge >= 0.3 is 0 Å². The third-order valence-electron chi connectivity index (χ3n) is 2.65. The zero-order valence-corrected chi connectivity index (χ0v) is 12.4. The summed E-state index contributed by atoms with van der Waals surface area (Å²) in [6, 6.07) is 14.0. The number of nitrogens with zero attached hydrogens (tertiary/aromatic N) is 1. The fourth-order valence-corrected chi connectivity index (χ4v) is 2.27. The Morgan fingerprint density at radius 1 is 1.14 bits per heavy atom. The van der Waals surface area contributed by atoms with Gasteiger partial charge in [-0.05, 0) is 37.3 Å². The summed E-state index contributed by atoms with van der Waals surface area (Å²) in [7, 11) is -3.38. The molecule has 6 heteroatoms. The van der Waals surface area contributed by atoms with Gasteiger partial charge in [-0.15, -0.1) is 0 Å². The molecule has 0 unspecified atom stereocenters. The Labute approximate surface area is 123 Å². The molecule has 2 aromatic rings. The summed E-state index contributed by atoms with van der Waals surface area (Å²) in [5.74, 6) is 0.987. The van der Waals surface area contributed by atoms with Gasteiger partial charge in [-0.1, -0.05) is 17.7 Å². The topological polar surface area (TPSA) is 79.2 Å². The Balaban J connectivity index is 2.28. The SMILES string of the molecule is Cc1ccc(Oc2ccc(NS(C)(=O)=O)cc2C#N)cc1. The molecule has 0 aromatic heterocycles. The summed E-state index contributed by atoms with van der Waals surface area (Å²) in [5, 5.41) is 9.16. The molecule has 0 heterocycles. The predicted octanol–water partition coefficient (Wildman–Crippen LogP) is 3.03. The third-order valence-corrected chi connectivity index (χ3v) is 3.26. The van der Waals surface area contributed by atoms with Crippen LogP contribution in [0.15, 0.2) is 42.5 Å². The van der Waals surface area contributed by atoms with E-state index in [1.807, 2.05) is 25.1 Å². The predicted molar refractivity (Wildman–Crippen MR) is 80.9 cm³/mol. The fourth-order valence-electron chi connectivity index (χ4n) is 1.72. The molecule has 0 bridgehead atoms. The van der Waals surface area contributed by atoms with E-state index in [0.717, 1.165) is 11.8 Å². The van der Waals surface area contributed by atoms with E-state index in [0.29, 0.717) is 17.2 Å². The number of hydrogen-bond donors (Lipinski definition) is 1. The van der Waals surface area contributed by atoms with Crippen molar-refractivity contribution < 1.29 is 13.2 Å². The van der Waals surface area contributed by atoms with Crippen molar-refractivity contribution in [3.8, 4) is 17.6 Å². The van der Waals surface area contributed by atoms with E-state index < -0.39 is 10.0 Å². The molecule has 0 aliphatic heterocycles. The van der Waals surface area contributed by atoms with Gasteiger partial charge in [0.25, 0.3) is 0 Å². The van der Waals surface area contributed by atoms with E-state index in [1.165, 1.54) is 6.07 Å². The van der Waals surface area contributed by atoms with Gasteiger partial charge in [-0.3, -0.25) is 4.72 Å². The summed E-state index contributed by atoms with van der Waals surface area (Å²) in [4.78, 5) is 0. The lowest BCUT2D eigenvalue weighted by atomic mass is 10.2. The van der Waals surface area contributed by atoms with Crippen LogP contribution in [0.4, 0.5) is 5.69 Å². The van der Waals surface area contributed by atoms with E-state index in [9.17, 15) is 8.42 Å². The first kappa shape index (κ1) is 14.9. The van der Waals surface area contributed by atoms with Crippen molar-refractivity contribution in [2.75, 3.05) is 11.0 Å². The monoisotopic (exact) mass is 302 g/mol. The number of aryl methyl sites for hydroxylation is 1. The molecule has 0 aliphatic carbocycles. The van der Waals surface area contributed by atoms with Gasteiger partial charge < -0.3 is 4.74 Å². The van der Waals surface area contributed by atoms with Crippen LogP contribution >= 0.6 is 0 Å². The van der Waals surface area contributed by atoms with Crippen LogP contribution in [0.3, 0.4) is 0 Å². The fraction of sp³-hybridized carbons (Fsp3) is 0.133. The molecule has 0 saturated carbocycles. The number of hydrogen-bond acceptors (Lipinski definition) is 4. The maximum atomic E-state index is 11.2. The molecule has 2 aromatic carbocycles. The highest BCUT2D eigenvalue weighted by molar-refractivity contribution is 7.92. The maximum Gasteiger partial charge on any atom is 0.229 e. The standard InChI is InChI=1S/C15H14N2O3S/c1-11-3-6-14(7-4-11)20-15-8-5-13(9-12(15)10-16)17-21(2,18)19/h3-9,17H,1-2H3. The molecule has 108 valence electrons. The van der Waals surface area contributed by atoms with Crippen molar-refractivity contribution in [1.29, 1.82) is 5.26 Å². The summed E-state index contributed by atoms with van der Waals surface area (Å²) >= 11 is 0. The zero-order valence-electron chi connectivity index (χ0n) is 11.6. The highest BCUT2D eigenvalue weighted by Crippen LogP contribution is 2.27. The van der Waals surface area contributed by atoms with Crippen molar-refractivity contribution in [3.05, 3.63) is 53.6 Å². The Kier molecular flexibility index (Phi) is 4.15. The molecule has 0 saturated heterocycles. The van der Waals surface area contributed by atoms with Crippen molar-refractivity contribution >= 4 is 15.7 Å². The Hall–Kier alpha value is -2.52. The van der Waals surface area contributed by atoms with Gasteiger partial charge in [0.05, 0.1) is 17.5 Å². The van der Waals surface area contributed by atoms with Gasteiger partial charge in [0, 0.05) is 0 Å². The highest BCUT2D eigenvalue weighted by atomic mass is 32.2. The lowest BCUT2D eigenvalue weighted by molar-refractivity contribution is 0.481. The largest absolute Gasteiger partial charge is 0.456 e. The number of rotatable bonds is 4. The average Bonchev–Trinajstić information content (AvgIpc) is 2.41. The zero-order chi connectivity index (χ0) is 15.5. The first-order valence-corrected chi connectivity index (χ1v) is 8.03. The molecule has 5 nitrogen and oxygen atoms in total. The van der Waals surface area contributed by atoms with Crippen LogP contribution in [0.2, 0.25) is 0 Å². The Bertz CT molecular complexity index is 791. The number of ether oxygens (including phenoxy) is 1. The molecule has 0 spiro atoms. The molecular formula is C15H14N2O3S. The molecule has 0 aliphatic rings. The molecular weight excluding hydrogens is 288 g/mol. The number of nitrogens with one attached hydrogen (secondary N) is 1. The number of benzene rings is 2. The van der Waals surface area contributed by atoms with Crippen molar-refractivity contribution in [2.45, 2.75) is 6.92 Å². The van der Waals surface area contributed by atoms with Crippen molar-refractivity contribution in [2.24, 2.45) is 0 Å². The first-order chi connectivity index (χ1) is 9.87. The average molecular weight is 302 g/mol. The van der Waals surface area contributed by atoms with E-state index in [4.69, 9.17) is 10.00 Å². The molecule has 0 atom stereocenters. The Morgan fingerprint density at radius 2 is 1.81 bits per heavy atom. The van der Waals surface area contributed by atoms with E-state index in [-0.39, 0.29) is 5.56 Å². The minimum atomic E-state index is -3.38. The van der Waals surface area contributed by atoms with Crippen molar-refractivity contribution in [3.63, 3.8) is 0 Å². The van der Waals surface area contributed by atoms with E-state index in [2.05, 4.69) is 4.72 Å². The lowest BCUT2D eigenvalue weighted by Gasteiger charge is -2.10. The number of nitriles is 1. The third kappa shape index (κ3) is 4.23. The van der Waals surface area contributed by atoms with Gasteiger partial charge in [-0.25, -0.2) is 8.42 Å². The minimum absolute atomic E-state index is 0.254. The second-order valence-corrected chi connectivity index (χ2v) is 6.36. The summed E-state index contributed by atoms with van der Waals surface area (Å²) in [6.07, 6.45) is 1.05. The van der Waals surface area contributed by atoms with Crippen LogP contribution in [0.25, 0.3) is 0 Å². The van der Waals surface area contributed by atoms with Crippen molar-refractivity contribution in [1.82, 2.24) is 0 Å². The maximum absolute atomic E-state index is 11.2. The second kappa shape index (κ2) is 5.85. The van der Waals surface area contributed by atoms with Crippen LogP contribution in [0, 0.1) is 18.3 Å². The summed E-state index contributed by atoms with van der Waals surface area (Å²) < 4.78 is 30.3. The minimum Gasteiger partial charge on any atom is -0.456 e. The van der Waals surface area contributed by atoms with Gasteiger partial charge in [0.1, 0.15) is 17.6 Å². The first-order valence-electron chi connectivity index (χ1n) is 6.14. The molecule has 1 N–H and O–H groups in total.